The van der Waals surface area contributed by atoms with Crippen molar-refractivity contribution in [3.8, 4) is 0 Å². The van der Waals surface area contributed by atoms with Crippen LogP contribution in [0.15, 0.2) is 48.1 Å². The van der Waals surface area contributed by atoms with Crippen LogP contribution in [0.2, 0.25) is 0 Å². The van der Waals surface area contributed by atoms with Crippen molar-refractivity contribution in [1.82, 2.24) is 15.2 Å². The van der Waals surface area contributed by atoms with Crippen LogP contribution in [0, 0.1) is 6.92 Å². The molecule has 24 heavy (non-hydrogen) atoms. The monoisotopic (exact) mass is 346 g/mol. The maximum Gasteiger partial charge on any atom is 0.187 e. The fourth-order valence-electron chi connectivity index (χ4n) is 2.32. The van der Waals surface area contributed by atoms with Gasteiger partial charge in [0.2, 0.25) is 0 Å². The molecule has 0 atom stereocenters. The van der Waals surface area contributed by atoms with Crippen LogP contribution in [-0.2, 0) is 12.8 Å². The van der Waals surface area contributed by atoms with Gasteiger partial charge in [0.15, 0.2) is 5.95 Å². The third kappa shape index (κ3) is 6.58. The molecule has 0 bridgehead atoms. The van der Waals surface area contributed by atoms with Crippen LogP contribution in [0.3, 0.4) is 0 Å². The molecular weight excluding hydrogens is 323 g/mol. The van der Waals surface area contributed by atoms with E-state index in [1.807, 2.05) is 31.2 Å². The third-order valence-electron chi connectivity index (χ3n) is 3.57. The van der Waals surface area contributed by atoms with Crippen LogP contribution in [0.25, 0.3) is 0 Å². The summed E-state index contributed by atoms with van der Waals surface area (Å²) in [4.78, 5) is 4.27. The summed E-state index contributed by atoms with van der Waals surface area (Å²) in [7, 11) is 0. The van der Waals surface area contributed by atoms with Crippen LogP contribution in [0.1, 0.15) is 41.4 Å². The summed E-state index contributed by atoms with van der Waals surface area (Å²) < 4.78 is 13.4. The predicted octanol–water partition coefficient (Wildman–Crippen LogP) is 4.28. The second-order valence-corrected chi connectivity index (χ2v) is 6.82. The van der Waals surface area contributed by atoms with Crippen LogP contribution < -0.4 is 5.73 Å². The summed E-state index contributed by atoms with van der Waals surface area (Å²) in [5.41, 5.74) is 6.96. The number of unbranched alkanes of at least 4 members (excludes halogenated alkanes) is 1. The first-order valence-corrected chi connectivity index (χ1v) is 8.96. The van der Waals surface area contributed by atoms with E-state index in [9.17, 15) is 4.39 Å². The van der Waals surface area contributed by atoms with E-state index in [0.717, 1.165) is 47.8 Å². The quantitative estimate of drug-likeness (QED) is 0.418. The Kier molecular flexibility index (Phi) is 7.55. The summed E-state index contributed by atoms with van der Waals surface area (Å²) in [5, 5.41) is 10.1. The van der Waals surface area contributed by atoms with E-state index < -0.39 is 5.95 Å². The largest absolute Gasteiger partial charge is 0.375 e. The minimum Gasteiger partial charge on any atom is -0.375 e. The van der Waals surface area contributed by atoms with E-state index in [2.05, 4.69) is 15.2 Å². The molecule has 0 radical (unpaired) electrons. The molecule has 2 rings (SSSR count). The number of allylic oxidation sites excluding steroid dienone is 3. The van der Waals surface area contributed by atoms with Crippen molar-refractivity contribution in [2.45, 2.75) is 45.4 Å². The van der Waals surface area contributed by atoms with E-state index in [4.69, 9.17) is 5.73 Å². The van der Waals surface area contributed by atoms with Crippen LogP contribution >= 0.6 is 11.3 Å². The van der Waals surface area contributed by atoms with Crippen LogP contribution in [0.4, 0.5) is 4.39 Å². The van der Waals surface area contributed by atoms with E-state index in [-0.39, 0.29) is 0 Å². The molecule has 6 heteroatoms. The molecule has 0 amide bonds. The van der Waals surface area contributed by atoms with Gasteiger partial charge in [-0.25, -0.2) is 0 Å². The lowest BCUT2D eigenvalue weighted by Crippen LogP contribution is -1.96. The van der Waals surface area contributed by atoms with Gasteiger partial charge in [-0.1, -0.05) is 18.2 Å². The third-order valence-corrected chi connectivity index (χ3v) is 4.47. The van der Waals surface area contributed by atoms with Crippen molar-refractivity contribution in [1.29, 1.82) is 0 Å². The minimum absolute atomic E-state index is 0.574. The predicted molar refractivity (Wildman–Crippen MR) is 96.2 cm³/mol. The lowest BCUT2D eigenvalue weighted by Gasteiger charge is -2.03. The number of halogens is 1. The summed E-state index contributed by atoms with van der Waals surface area (Å²) in [6.07, 6.45) is 10.6. The molecule has 0 aliphatic heterocycles. The normalized spacial score (nSPS) is 12.6. The number of hydrogen-bond acceptors (Lipinski definition) is 5. The zero-order valence-electron chi connectivity index (χ0n) is 13.9. The molecule has 128 valence electrons. The second-order valence-electron chi connectivity index (χ2n) is 5.56. The van der Waals surface area contributed by atoms with Gasteiger partial charge in [-0.2, -0.15) is 4.39 Å². The average Bonchev–Trinajstić information content (AvgIpc) is 2.99. The van der Waals surface area contributed by atoms with Gasteiger partial charge in [-0.15, -0.1) is 21.5 Å². The molecular formula is C18H23FN4S. The molecule has 0 saturated carbocycles. The fraction of sp³-hybridized carbons (Fsp3) is 0.389. The average molecular weight is 346 g/mol. The van der Waals surface area contributed by atoms with Gasteiger partial charge >= 0.3 is 0 Å². The van der Waals surface area contributed by atoms with Crippen molar-refractivity contribution < 1.29 is 4.39 Å². The highest BCUT2D eigenvalue weighted by Gasteiger charge is 2.03. The topological polar surface area (TPSA) is 64.7 Å². The molecule has 0 fully saturated rings. The molecule has 2 aromatic heterocycles. The van der Waals surface area contributed by atoms with E-state index in [1.54, 1.807) is 23.6 Å². The maximum absolute atomic E-state index is 13.4. The zero-order valence-corrected chi connectivity index (χ0v) is 14.7. The number of pyridine rings is 1. The highest BCUT2D eigenvalue weighted by molar-refractivity contribution is 7.11. The van der Waals surface area contributed by atoms with Gasteiger partial charge < -0.3 is 5.73 Å². The van der Waals surface area contributed by atoms with E-state index in [0.29, 0.717) is 12.0 Å². The molecule has 0 aliphatic carbocycles. The van der Waals surface area contributed by atoms with Gasteiger partial charge in [0.25, 0.3) is 0 Å². The van der Waals surface area contributed by atoms with E-state index in [1.165, 1.54) is 0 Å². The van der Waals surface area contributed by atoms with Crippen molar-refractivity contribution in [2.24, 2.45) is 5.73 Å². The van der Waals surface area contributed by atoms with Gasteiger partial charge in [-0.05, 0) is 51.2 Å². The fourth-order valence-corrected chi connectivity index (χ4v) is 3.07. The Morgan fingerprint density at radius 2 is 2.12 bits per heavy atom. The Labute approximate surface area is 146 Å². The molecule has 0 aromatic carbocycles. The summed E-state index contributed by atoms with van der Waals surface area (Å²) >= 11 is 1.61. The molecule has 2 heterocycles. The number of aromatic nitrogens is 3. The standard InChI is InChI=1S/C18H23FN4S/c1-14-22-23-17(24-14)12-5-3-9-15(18(19)20)8-2-4-10-16-11-6-7-13-21-16/h2,6-8,11,13H,3-5,9-10,12,20H2,1H3/b8-2-,18-15+. The molecule has 2 N–H and O–H groups in total. The van der Waals surface area contributed by atoms with E-state index >= 15 is 0 Å². The molecule has 0 spiro atoms. The molecule has 0 saturated heterocycles. The molecule has 0 unspecified atom stereocenters. The summed E-state index contributed by atoms with van der Waals surface area (Å²) in [6.45, 7) is 1.95. The minimum atomic E-state index is -0.587. The summed E-state index contributed by atoms with van der Waals surface area (Å²) in [5.74, 6) is -0.587. The van der Waals surface area contributed by atoms with Gasteiger partial charge in [0, 0.05) is 23.9 Å². The Balaban J connectivity index is 1.71. The first-order chi connectivity index (χ1) is 11.6. The van der Waals surface area contributed by atoms with Crippen LogP contribution in [0.5, 0.6) is 0 Å². The lowest BCUT2D eigenvalue weighted by atomic mass is 10.1. The Morgan fingerprint density at radius 1 is 1.25 bits per heavy atom. The Morgan fingerprint density at radius 3 is 2.79 bits per heavy atom. The number of aryl methyl sites for hydroxylation is 3. The number of hydrogen-bond donors (Lipinski definition) is 1. The van der Waals surface area contributed by atoms with Gasteiger partial charge in [-0.3, -0.25) is 4.98 Å². The highest BCUT2D eigenvalue weighted by atomic mass is 32.1. The van der Waals surface area contributed by atoms with Crippen LogP contribution in [-0.4, -0.2) is 15.2 Å². The Bertz CT molecular complexity index is 675. The zero-order chi connectivity index (χ0) is 17.2. The molecule has 4 nitrogen and oxygen atoms in total. The first kappa shape index (κ1) is 18.3. The van der Waals surface area contributed by atoms with Gasteiger partial charge in [0.1, 0.15) is 10.0 Å². The maximum atomic E-state index is 13.4. The number of rotatable bonds is 9. The van der Waals surface area contributed by atoms with Gasteiger partial charge in [0.05, 0.1) is 0 Å². The highest BCUT2D eigenvalue weighted by Crippen LogP contribution is 2.16. The van der Waals surface area contributed by atoms with Crippen molar-refractivity contribution >= 4 is 11.3 Å². The van der Waals surface area contributed by atoms with Crippen molar-refractivity contribution in [2.75, 3.05) is 0 Å². The SMILES string of the molecule is Cc1nnc(CCCCC(/C=C\CCc2ccccn2)=C(/N)F)s1. The molecule has 0 aliphatic rings. The lowest BCUT2D eigenvalue weighted by molar-refractivity contribution is 0.603. The second kappa shape index (κ2) is 9.93. The summed E-state index contributed by atoms with van der Waals surface area (Å²) in [6, 6.07) is 5.85. The number of nitrogens with two attached hydrogens (primary N) is 1. The molecule has 2 aromatic rings. The number of nitrogens with zero attached hydrogens (tertiary/aromatic N) is 3. The first-order valence-electron chi connectivity index (χ1n) is 8.14. The smallest absolute Gasteiger partial charge is 0.187 e. The van der Waals surface area contributed by atoms with Crippen molar-refractivity contribution in [3.05, 3.63) is 63.8 Å². The van der Waals surface area contributed by atoms with Crippen molar-refractivity contribution in [3.63, 3.8) is 0 Å². The Hall–Kier alpha value is -2.08.